The third-order valence-electron chi connectivity index (χ3n) is 4.29. The summed E-state index contributed by atoms with van der Waals surface area (Å²) in [7, 11) is 1.99. The Morgan fingerprint density at radius 3 is 2.30 bits per heavy atom. The van der Waals surface area contributed by atoms with Gasteiger partial charge in [-0.1, -0.05) is 28.1 Å². The highest BCUT2D eigenvalue weighted by molar-refractivity contribution is 9.10. The second-order valence-electron chi connectivity index (χ2n) is 5.99. The van der Waals surface area contributed by atoms with Gasteiger partial charge in [-0.2, -0.15) is 0 Å². The summed E-state index contributed by atoms with van der Waals surface area (Å²) in [5.74, 6) is 0.231. The number of benzene rings is 1. The van der Waals surface area contributed by atoms with Gasteiger partial charge < -0.3 is 10.2 Å². The van der Waals surface area contributed by atoms with Crippen molar-refractivity contribution in [3.63, 3.8) is 0 Å². The molecule has 1 aromatic rings. The van der Waals surface area contributed by atoms with Crippen molar-refractivity contribution in [2.24, 2.45) is 0 Å². The van der Waals surface area contributed by atoms with E-state index in [2.05, 4.69) is 21.2 Å². The van der Waals surface area contributed by atoms with Crippen LogP contribution in [0, 0.1) is 0 Å². The fraction of sp³-hybridized carbons (Fsp3) is 0.562. The van der Waals surface area contributed by atoms with Crippen LogP contribution in [0.4, 0.5) is 0 Å². The number of hydrogen-bond acceptors (Lipinski definition) is 2. The maximum atomic E-state index is 12.8. The predicted octanol–water partition coefficient (Wildman–Crippen LogP) is 2.94. The Kier molecular flexibility index (Phi) is 4.86. The standard InChI is InChI=1S/C16H23BrN2O/c1-16(2,12-4-6-13(17)7-5-12)15(20)19-10-8-14(18-3)9-11-19/h4-7,14,18H,8-11H2,1-3H3. The van der Waals surface area contributed by atoms with Gasteiger partial charge in [0.05, 0.1) is 5.41 Å². The highest BCUT2D eigenvalue weighted by Crippen LogP contribution is 2.28. The lowest BCUT2D eigenvalue weighted by molar-refractivity contribution is -0.137. The van der Waals surface area contributed by atoms with Gasteiger partial charge in [-0.05, 0) is 51.4 Å². The molecule has 1 N–H and O–H groups in total. The molecule has 0 aliphatic carbocycles. The van der Waals surface area contributed by atoms with E-state index in [1.165, 1.54) is 0 Å². The first-order valence-corrected chi connectivity index (χ1v) is 7.97. The van der Waals surface area contributed by atoms with Gasteiger partial charge in [-0.15, -0.1) is 0 Å². The van der Waals surface area contributed by atoms with Crippen molar-refractivity contribution >= 4 is 21.8 Å². The van der Waals surface area contributed by atoms with Gasteiger partial charge in [0, 0.05) is 23.6 Å². The summed E-state index contributed by atoms with van der Waals surface area (Å²) in [5, 5.41) is 3.30. The first kappa shape index (κ1) is 15.5. The molecule has 3 nitrogen and oxygen atoms in total. The van der Waals surface area contributed by atoms with Gasteiger partial charge >= 0.3 is 0 Å². The van der Waals surface area contributed by atoms with E-state index >= 15 is 0 Å². The van der Waals surface area contributed by atoms with Crippen molar-refractivity contribution in [1.82, 2.24) is 10.2 Å². The van der Waals surface area contributed by atoms with Crippen molar-refractivity contribution in [2.75, 3.05) is 20.1 Å². The molecule has 1 heterocycles. The van der Waals surface area contributed by atoms with Gasteiger partial charge in [0.25, 0.3) is 0 Å². The Bertz CT molecular complexity index is 462. The molecule has 0 radical (unpaired) electrons. The molecule has 0 bridgehead atoms. The second-order valence-corrected chi connectivity index (χ2v) is 6.90. The SMILES string of the molecule is CNC1CCN(C(=O)C(C)(C)c2ccc(Br)cc2)CC1. The van der Waals surface area contributed by atoms with Crippen molar-refractivity contribution in [3.8, 4) is 0 Å². The van der Waals surface area contributed by atoms with E-state index in [0.29, 0.717) is 6.04 Å². The van der Waals surface area contributed by atoms with Crippen molar-refractivity contribution in [1.29, 1.82) is 0 Å². The lowest BCUT2D eigenvalue weighted by atomic mass is 9.82. The third-order valence-corrected chi connectivity index (χ3v) is 4.82. The molecule has 1 aliphatic heterocycles. The molecule has 0 atom stereocenters. The normalized spacial score (nSPS) is 17.3. The van der Waals surface area contributed by atoms with Gasteiger partial charge in [0.1, 0.15) is 0 Å². The molecule has 2 rings (SSSR count). The molecule has 0 aromatic heterocycles. The van der Waals surface area contributed by atoms with Crippen molar-refractivity contribution < 1.29 is 4.79 Å². The fourth-order valence-electron chi connectivity index (χ4n) is 2.76. The molecular formula is C16H23BrN2O. The molecule has 0 spiro atoms. The van der Waals surface area contributed by atoms with E-state index in [9.17, 15) is 4.79 Å². The lowest BCUT2D eigenvalue weighted by Crippen LogP contribution is -2.49. The van der Waals surface area contributed by atoms with E-state index in [-0.39, 0.29) is 5.91 Å². The minimum absolute atomic E-state index is 0.231. The molecule has 0 unspecified atom stereocenters. The van der Waals surface area contributed by atoms with Gasteiger partial charge in [0.15, 0.2) is 0 Å². The molecule has 1 amide bonds. The van der Waals surface area contributed by atoms with E-state index < -0.39 is 5.41 Å². The van der Waals surface area contributed by atoms with Crippen molar-refractivity contribution in [2.45, 2.75) is 38.1 Å². The Morgan fingerprint density at radius 2 is 1.80 bits per heavy atom. The summed E-state index contributed by atoms with van der Waals surface area (Å²) in [5.41, 5.74) is 0.606. The Balaban J connectivity index is 2.09. The zero-order chi connectivity index (χ0) is 14.8. The summed E-state index contributed by atoms with van der Waals surface area (Å²) in [6.07, 6.45) is 2.08. The first-order chi connectivity index (χ1) is 9.45. The van der Waals surface area contributed by atoms with Gasteiger partial charge in [-0.3, -0.25) is 4.79 Å². The predicted molar refractivity (Wildman–Crippen MR) is 85.8 cm³/mol. The van der Waals surface area contributed by atoms with Crippen LogP contribution in [0.25, 0.3) is 0 Å². The summed E-state index contributed by atoms with van der Waals surface area (Å²) < 4.78 is 1.04. The quantitative estimate of drug-likeness (QED) is 0.918. The van der Waals surface area contributed by atoms with Crippen molar-refractivity contribution in [3.05, 3.63) is 34.3 Å². The second kappa shape index (κ2) is 6.27. The summed E-state index contributed by atoms with van der Waals surface area (Å²) in [6.45, 7) is 5.74. The summed E-state index contributed by atoms with van der Waals surface area (Å²) in [6, 6.07) is 8.61. The number of hydrogen-bond donors (Lipinski definition) is 1. The van der Waals surface area contributed by atoms with E-state index in [4.69, 9.17) is 0 Å². The zero-order valence-corrected chi connectivity index (χ0v) is 14.0. The number of carbonyl (C=O) groups is 1. The summed E-state index contributed by atoms with van der Waals surface area (Å²) in [4.78, 5) is 14.8. The van der Waals surface area contributed by atoms with Crippen LogP contribution in [0.3, 0.4) is 0 Å². The Labute approximate surface area is 129 Å². The lowest BCUT2D eigenvalue weighted by Gasteiger charge is -2.37. The largest absolute Gasteiger partial charge is 0.342 e. The van der Waals surface area contributed by atoms with Gasteiger partial charge in [0.2, 0.25) is 5.91 Å². The Hall–Kier alpha value is -0.870. The summed E-state index contributed by atoms with van der Waals surface area (Å²) >= 11 is 3.44. The number of likely N-dealkylation sites (tertiary alicyclic amines) is 1. The fourth-order valence-corrected chi connectivity index (χ4v) is 3.02. The highest BCUT2D eigenvalue weighted by Gasteiger charge is 2.35. The van der Waals surface area contributed by atoms with E-state index in [1.54, 1.807) is 0 Å². The third kappa shape index (κ3) is 3.23. The molecule has 1 fully saturated rings. The van der Waals surface area contributed by atoms with E-state index in [1.807, 2.05) is 50.1 Å². The monoisotopic (exact) mass is 338 g/mol. The number of nitrogens with one attached hydrogen (secondary N) is 1. The average Bonchev–Trinajstić information content (AvgIpc) is 2.47. The molecule has 110 valence electrons. The average molecular weight is 339 g/mol. The van der Waals surface area contributed by atoms with Crippen LogP contribution in [-0.4, -0.2) is 37.0 Å². The molecule has 20 heavy (non-hydrogen) atoms. The maximum absolute atomic E-state index is 12.8. The molecule has 1 aliphatic rings. The van der Waals surface area contributed by atoms with Crippen LogP contribution in [-0.2, 0) is 10.2 Å². The number of nitrogens with zero attached hydrogens (tertiary/aromatic N) is 1. The van der Waals surface area contributed by atoms with Crippen LogP contribution in [0.1, 0.15) is 32.3 Å². The van der Waals surface area contributed by atoms with Crippen LogP contribution in [0.5, 0.6) is 0 Å². The van der Waals surface area contributed by atoms with Crippen LogP contribution in [0.15, 0.2) is 28.7 Å². The van der Waals surface area contributed by atoms with E-state index in [0.717, 1.165) is 36.0 Å². The number of piperidine rings is 1. The maximum Gasteiger partial charge on any atom is 0.232 e. The first-order valence-electron chi connectivity index (χ1n) is 7.18. The number of carbonyl (C=O) groups excluding carboxylic acids is 1. The smallest absolute Gasteiger partial charge is 0.232 e. The number of rotatable bonds is 3. The molecule has 1 saturated heterocycles. The zero-order valence-electron chi connectivity index (χ0n) is 12.4. The molecule has 0 saturated carbocycles. The minimum atomic E-state index is -0.465. The van der Waals surface area contributed by atoms with Crippen LogP contribution >= 0.6 is 15.9 Å². The van der Waals surface area contributed by atoms with Crippen LogP contribution in [0.2, 0.25) is 0 Å². The number of halogens is 1. The van der Waals surface area contributed by atoms with Crippen LogP contribution < -0.4 is 5.32 Å². The topological polar surface area (TPSA) is 32.3 Å². The van der Waals surface area contributed by atoms with Gasteiger partial charge in [-0.25, -0.2) is 0 Å². The minimum Gasteiger partial charge on any atom is -0.342 e. The highest BCUT2D eigenvalue weighted by atomic mass is 79.9. The Morgan fingerprint density at radius 1 is 1.25 bits per heavy atom. The molecular weight excluding hydrogens is 316 g/mol. The number of amides is 1. The molecule has 1 aromatic carbocycles. The molecule has 4 heteroatoms.